The van der Waals surface area contributed by atoms with Crippen LogP contribution in [0.5, 0.6) is 5.75 Å². The summed E-state index contributed by atoms with van der Waals surface area (Å²) in [5.41, 5.74) is 13.0. The molecule has 1 amide bonds. The summed E-state index contributed by atoms with van der Waals surface area (Å²) in [6.45, 7) is 3.69. The summed E-state index contributed by atoms with van der Waals surface area (Å²) in [6.07, 6.45) is 4.87. The zero-order chi connectivity index (χ0) is 19.6. The molecule has 5 N–H and O–H groups in total. The van der Waals surface area contributed by atoms with Gasteiger partial charge in [-0.05, 0) is 37.8 Å². The minimum absolute atomic E-state index is 0.0854. The molecule has 1 spiro atoms. The first-order valence-electron chi connectivity index (χ1n) is 9.35. The zero-order valence-electron chi connectivity index (χ0n) is 16.2. The second-order valence-electron chi connectivity index (χ2n) is 7.35. The number of aliphatic imine (C=N–C) groups is 2. The van der Waals surface area contributed by atoms with Crippen LogP contribution in [0.2, 0.25) is 0 Å². The monoisotopic (exact) mass is 372 g/mol. The van der Waals surface area contributed by atoms with Gasteiger partial charge in [0.2, 0.25) is 17.8 Å². The number of benzene rings is 1. The van der Waals surface area contributed by atoms with Crippen LogP contribution in [-0.2, 0) is 4.79 Å². The summed E-state index contributed by atoms with van der Waals surface area (Å²) >= 11 is 0. The highest BCUT2D eigenvalue weighted by molar-refractivity contribution is 6.08. The highest BCUT2D eigenvalue weighted by atomic mass is 16.5. The maximum atomic E-state index is 12.4. The molecule has 0 radical (unpaired) electrons. The molecule has 1 heterocycles. The van der Waals surface area contributed by atoms with Crippen molar-refractivity contribution in [2.45, 2.75) is 51.6 Å². The van der Waals surface area contributed by atoms with Crippen LogP contribution in [0.1, 0.15) is 46.0 Å². The van der Waals surface area contributed by atoms with Crippen LogP contribution in [0.15, 0.2) is 28.2 Å². The van der Waals surface area contributed by atoms with Crippen LogP contribution in [0.25, 0.3) is 0 Å². The van der Waals surface area contributed by atoms with Crippen molar-refractivity contribution >= 4 is 29.2 Å². The van der Waals surface area contributed by atoms with Crippen molar-refractivity contribution in [3.05, 3.63) is 18.2 Å². The molecule has 0 aromatic heterocycles. The molecular weight excluding hydrogens is 344 g/mol. The van der Waals surface area contributed by atoms with Gasteiger partial charge in [0.05, 0.1) is 18.5 Å². The maximum Gasteiger partial charge on any atom is 0.226 e. The Hall–Kier alpha value is -2.77. The van der Waals surface area contributed by atoms with Crippen molar-refractivity contribution in [2.24, 2.45) is 27.4 Å². The third-order valence-electron chi connectivity index (χ3n) is 5.08. The van der Waals surface area contributed by atoms with Gasteiger partial charge in [-0.2, -0.15) is 4.99 Å². The number of hydrogen-bond acceptors (Lipinski definition) is 7. The summed E-state index contributed by atoms with van der Waals surface area (Å²) in [5, 5.41) is 2.98. The van der Waals surface area contributed by atoms with Crippen LogP contribution >= 0.6 is 0 Å². The van der Waals surface area contributed by atoms with Crippen LogP contribution in [-0.4, -0.2) is 30.6 Å². The largest absolute Gasteiger partial charge is 0.497 e. The van der Waals surface area contributed by atoms with Gasteiger partial charge in [-0.15, -0.1) is 0 Å². The molecule has 3 rings (SSSR count). The molecule has 27 heavy (non-hydrogen) atoms. The fourth-order valence-electron chi connectivity index (χ4n) is 3.68. The van der Waals surface area contributed by atoms with Gasteiger partial charge in [-0.3, -0.25) is 9.69 Å². The summed E-state index contributed by atoms with van der Waals surface area (Å²) in [5.74, 6) is 0.888. The summed E-state index contributed by atoms with van der Waals surface area (Å²) in [4.78, 5) is 23.2. The van der Waals surface area contributed by atoms with Crippen LogP contribution in [0.3, 0.4) is 0 Å². The Morgan fingerprint density at radius 2 is 1.96 bits per heavy atom. The molecule has 1 fully saturated rings. The lowest BCUT2D eigenvalue weighted by Gasteiger charge is -2.46. The summed E-state index contributed by atoms with van der Waals surface area (Å²) in [6, 6.07) is 5.51. The van der Waals surface area contributed by atoms with E-state index in [1.807, 2.05) is 30.9 Å². The van der Waals surface area contributed by atoms with Crippen LogP contribution in [0.4, 0.5) is 11.4 Å². The Labute approximate surface area is 159 Å². The fraction of sp³-hybridized carbons (Fsp3) is 0.526. The molecule has 8 nitrogen and oxygen atoms in total. The molecular formula is C19H28N6O2. The average molecular weight is 372 g/mol. The quantitative estimate of drug-likeness (QED) is 0.750. The lowest BCUT2D eigenvalue weighted by atomic mass is 9.87. The van der Waals surface area contributed by atoms with Crippen molar-refractivity contribution in [1.29, 1.82) is 0 Å². The van der Waals surface area contributed by atoms with E-state index < -0.39 is 5.66 Å². The Kier molecular flexibility index (Phi) is 5.25. The topological polar surface area (TPSA) is 118 Å². The smallest absolute Gasteiger partial charge is 0.226 e. The van der Waals surface area contributed by atoms with E-state index in [0.29, 0.717) is 11.4 Å². The van der Waals surface area contributed by atoms with Gasteiger partial charge in [0.25, 0.3) is 0 Å². The predicted molar refractivity (Wildman–Crippen MR) is 108 cm³/mol. The molecule has 2 aliphatic rings. The molecule has 1 saturated carbocycles. The molecule has 0 saturated heterocycles. The number of methoxy groups -OCH3 is 1. The van der Waals surface area contributed by atoms with Crippen molar-refractivity contribution in [2.75, 3.05) is 17.3 Å². The molecule has 0 unspecified atom stereocenters. The standard InChI is InChI=1S/C19H28N6O2/c1-12(2)16(26)22-14-11-13(27-3)7-8-15(14)25-18(21)23-17(20)24-19(25)9-5-4-6-10-19/h7-8,11-12H,4-6,9-10H2,1-3H3,(H,22,26)(H4,20,21,23,24). The van der Waals surface area contributed by atoms with Gasteiger partial charge in [0.15, 0.2) is 0 Å². The minimum Gasteiger partial charge on any atom is -0.497 e. The van der Waals surface area contributed by atoms with Crippen molar-refractivity contribution < 1.29 is 9.53 Å². The third-order valence-corrected chi connectivity index (χ3v) is 5.08. The molecule has 8 heteroatoms. The summed E-state index contributed by atoms with van der Waals surface area (Å²) in [7, 11) is 1.59. The lowest BCUT2D eigenvalue weighted by molar-refractivity contribution is -0.118. The van der Waals surface area contributed by atoms with E-state index in [4.69, 9.17) is 16.2 Å². The zero-order valence-corrected chi connectivity index (χ0v) is 16.2. The Morgan fingerprint density at radius 1 is 1.26 bits per heavy atom. The number of hydrogen-bond donors (Lipinski definition) is 3. The van der Waals surface area contributed by atoms with E-state index in [0.717, 1.165) is 37.8 Å². The number of amides is 1. The Morgan fingerprint density at radius 3 is 2.59 bits per heavy atom. The van der Waals surface area contributed by atoms with Gasteiger partial charge in [0.1, 0.15) is 11.4 Å². The highest BCUT2D eigenvalue weighted by Crippen LogP contribution is 2.42. The molecule has 1 aromatic rings. The third kappa shape index (κ3) is 3.70. The number of carbonyl (C=O) groups is 1. The van der Waals surface area contributed by atoms with Gasteiger partial charge in [-0.1, -0.05) is 20.3 Å². The van der Waals surface area contributed by atoms with Crippen molar-refractivity contribution in [3.63, 3.8) is 0 Å². The number of nitrogens with two attached hydrogens (primary N) is 2. The predicted octanol–water partition coefficient (Wildman–Crippen LogP) is 2.40. The molecule has 146 valence electrons. The van der Waals surface area contributed by atoms with Crippen molar-refractivity contribution in [1.82, 2.24) is 0 Å². The molecule has 0 atom stereocenters. The van der Waals surface area contributed by atoms with Gasteiger partial charge < -0.3 is 21.5 Å². The van der Waals surface area contributed by atoms with E-state index in [1.165, 1.54) is 0 Å². The van der Waals surface area contributed by atoms with Gasteiger partial charge >= 0.3 is 0 Å². The Balaban J connectivity index is 2.09. The fourth-order valence-corrected chi connectivity index (χ4v) is 3.68. The second kappa shape index (κ2) is 7.46. The van der Waals surface area contributed by atoms with E-state index in [1.54, 1.807) is 13.2 Å². The number of anilines is 2. The lowest BCUT2D eigenvalue weighted by Crippen LogP contribution is -2.58. The van der Waals surface area contributed by atoms with Crippen molar-refractivity contribution in [3.8, 4) is 5.75 Å². The number of carbonyl (C=O) groups excluding carboxylic acids is 1. The van der Waals surface area contributed by atoms with Crippen LogP contribution < -0.4 is 26.4 Å². The second-order valence-corrected chi connectivity index (χ2v) is 7.35. The first kappa shape index (κ1) is 19.0. The van der Waals surface area contributed by atoms with E-state index in [2.05, 4.69) is 15.3 Å². The van der Waals surface area contributed by atoms with Gasteiger partial charge in [0, 0.05) is 12.0 Å². The number of nitrogens with one attached hydrogen (secondary N) is 1. The normalized spacial score (nSPS) is 18.9. The van der Waals surface area contributed by atoms with E-state index in [9.17, 15) is 4.79 Å². The number of ether oxygens (including phenoxy) is 1. The molecule has 0 bridgehead atoms. The number of guanidine groups is 2. The minimum atomic E-state index is -0.569. The van der Waals surface area contributed by atoms with Crippen LogP contribution in [0, 0.1) is 5.92 Å². The highest BCUT2D eigenvalue weighted by Gasteiger charge is 2.43. The molecule has 1 aromatic carbocycles. The van der Waals surface area contributed by atoms with E-state index >= 15 is 0 Å². The maximum absolute atomic E-state index is 12.4. The van der Waals surface area contributed by atoms with E-state index in [-0.39, 0.29) is 23.7 Å². The first-order valence-corrected chi connectivity index (χ1v) is 9.35. The number of rotatable bonds is 4. The average Bonchev–Trinajstić information content (AvgIpc) is 2.62. The summed E-state index contributed by atoms with van der Waals surface area (Å²) < 4.78 is 5.34. The SMILES string of the molecule is COc1ccc(N2C(N)=NC(N)=NC23CCCCC3)c(NC(=O)C(C)C)c1. The molecule has 1 aliphatic heterocycles. The first-order chi connectivity index (χ1) is 12.9. The molecule has 1 aliphatic carbocycles. The Bertz CT molecular complexity index is 780. The van der Waals surface area contributed by atoms with Gasteiger partial charge in [-0.25, -0.2) is 4.99 Å². The number of nitrogens with zero attached hydrogens (tertiary/aromatic N) is 3.